The second-order valence-corrected chi connectivity index (χ2v) is 7.64. The molecule has 0 saturated carbocycles. The molecule has 1 N–H and O–H groups in total. The third-order valence-corrected chi connectivity index (χ3v) is 4.47. The lowest BCUT2D eigenvalue weighted by molar-refractivity contribution is -0.134. The third kappa shape index (κ3) is 4.32. The predicted molar refractivity (Wildman–Crippen MR) is 86.2 cm³/mol. The minimum absolute atomic E-state index is 0.0773. The number of aliphatic hydroxyl groups is 1. The van der Waals surface area contributed by atoms with Crippen molar-refractivity contribution in [3.63, 3.8) is 0 Å². The average molecular weight is 307 g/mol. The van der Waals surface area contributed by atoms with Gasteiger partial charge in [0.05, 0.1) is 0 Å². The first-order valence-corrected chi connectivity index (χ1v) is 8.21. The third-order valence-electron chi connectivity index (χ3n) is 4.47. The van der Waals surface area contributed by atoms with Crippen molar-refractivity contribution in [1.82, 2.24) is 14.5 Å². The van der Waals surface area contributed by atoms with Crippen LogP contribution in [0.4, 0.5) is 0 Å². The van der Waals surface area contributed by atoms with Crippen molar-refractivity contribution in [3.05, 3.63) is 18.2 Å². The van der Waals surface area contributed by atoms with Crippen LogP contribution in [0.1, 0.15) is 58.4 Å². The molecule has 1 aliphatic heterocycles. The van der Waals surface area contributed by atoms with E-state index in [4.69, 9.17) is 0 Å². The molecule has 1 aromatic heterocycles. The summed E-state index contributed by atoms with van der Waals surface area (Å²) in [6, 6.07) is 0. The van der Waals surface area contributed by atoms with Crippen LogP contribution in [0.2, 0.25) is 0 Å². The second-order valence-electron chi connectivity index (χ2n) is 7.64. The number of piperidine rings is 1. The second kappa shape index (κ2) is 6.82. The summed E-state index contributed by atoms with van der Waals surface area (Å²) < 4.78 is 1.85. The molecule has 0 aliphatic carbocycles. The summed E-state index contributed by atoms with van der Waals surface area (Å²) in [5, 5.41) is 10.6. The Morgan fingerprint density at radius 3 is 2.82 bits per heavy atom. The van der Waals surface area contributed by atoms with Gasteiger partial charge in [-0.05, 0) is 24.7 Å². The van der Waals surface area contributed by atoms with Crippen LogP contribution >= 0.6 is 0 Å². The number of imidazole rings is 1. The van der Waals surface area contributed by atoms with Gasteiger partial charge in [-0.15, -0.1) is 0 Å². The lowest BCUT2D eigenvalue weighted by atomic mass is 9.89. The minimum atomic E-state index is -0.599. The Morgan fingerprint density at radius 1 is 1.50 bits per heavy atom. The minimum Gasteiger partial charge on any atom is -0.385 e. The molecule has 1 aliphatic rings. The molecule has 1 amide bonds. The largest absolute Gasteiger partial charge is 0.385 e. The highest BCUT2D eigenvalue weighted by Gasteiger charge is 2.31. The van der Waals surface area contributed by atoms with Gasteiger partial charge in [-0.1, -0.05) is 20.8 Å². The van der Waals surface area contributed by atoms with E-state index in [0.29, 0.717) is 18.8 Å². The number of amides is 1. The summed E-state index contributed by atoms with van der Waals surface area (Å²) in [7, 11) is 1.89. The van der Waals surface area contributed by atoms with Crippen molar-refractivity contribution in [3.8, 4) is 0 Å². The van der Waals surface area contributed by atoms with Crippen molar-refractivity contribution in [1.29, 1.82) is 0 Å². The van der Waals surface area contributed by atoms with E-state index in [1.165, 1.54) is 0 Å². The molecule has 2 atom stereocenters. The Balaban J connectivity index is 1.94. The van der Waals surface area contributed by atoms with Crippen LogP contribution in [0.25, 0.3) is 0 Å². The van der Waals surface area contributed by atoms with Crippen LogP contribution in [-0.4, -0.2) is 38.6 Å². The molecular formula is C17H29N3O2. The number of aryl methyl sites for hydroxylation is 1. The lowest BCUT2D eigenvalue weighted by Crippen LogP contribution is -2.42. The average Bonchev–Trinajstić information content (AvgIpc) is 2.89. The SMILES string of the molecule is Cn1ccnc1C(O)C1CCCN(C(=O)CCC(C)(C)C)C1. The summed E-state index contributed by atoms with van der Waals surface area (Å²) in [5.41, 5.74) is 0.178. The summed E-state index contributed by atoms with van der Waals surface area (Å²) >= 11 is 0. The van der Waals surface area contributed by atoms with Crippen LogP contribution in [-0.2, 0) is 11.8 Å². The fourth-order valence-electron chi connectivity index (χ4n) is 3.01. The van der Waals surface area contributed by atoms with Crippen molar-refractivity contribution >= 4 is 5.91 Å². The molecule has 2 heterocycles. The zero-order valence-corrected chi connectivity index (χ0v) is 14.2. The van der Waals surface area contributed by atoms with Crippen molar-refractivity contribution in [2.45, 2.75) is 52.6 Å². The topological polar surface area (TPSA) is 58.4 Å². The van der Waals surface area contributed by atoms with Gasteiger partial charge < -0.3 is 14.6 Å². The highest BCUT2D eigenvalue weighted by atomic mass is 16.3. The molecule has 1 saturated heterocycles. The van der Waals surface area contributed by atoms with Gasteiger partial charge in [-0.2, -0.15) is 0 Å². The van der Waals surface area contributed by atoms with Crippen LogP contribution in [0.5, 0.6) is 0 Å². The number of aliphatic hydroxyl groups excluding tert-OH is 1. The number of hydrogen-bond acceptors (Lipinski definition) is 3. The molecule has 1 aromatic rings. The number of nitrogens with zero attached hydrogens (tertiary/aromatic N) is 3. The Bertz CT molecular complexity index is 504. The summed E-state index contributed by atoms with van der Waals surface area (Å²) in [4.78, 5) is 18.6. The quantitative estimate of drug-likeness (QED) is 0.930. The normalized spacial score (nSPS) is 21.0. The standard InChI is InChI=1S/C17H29N3O2/c1-17(2,3)8-7-14(21)20-10-5-6-13(12-20)15(22)16-18-9-11-19(16)4/h9,11,13,15,22H,5-8,10,12H2,1-4H3. The first-order valence-electron chi connectivity index (χ1n) is 8.21. The number of rotatable bonds is 4. The van der Waals surface area contributed by atoms with Gasteiger partial charge in [-0.25, -0.2) is 4.98 Å². The van der Waals surface area contributed by atoms with Gasteiger partial charge >= 0.3 is 0 Å². The number of hydrogen-bond donors (Lipinski definition) is 1. The molecule has 0 radical (unpaired) electrons. The monoisotopic (exact) mass is 307 g/mol. The van der Waals surface area contributed by atoms with Gasteiger partial charge in [0.25, 0.3) is 0 Å². The molecule has 124 valence electrons. The summed E-state index contributed by atoms with van der Waals surface area (Å²) in [6.45, 7) is 7.92. The van der Waals surface area contributed by atoms with E-state index in [9.17, 15) is 9.90 Å². The first kappa shape index (κ1) is 17.0. The van der Waals surface area contributed by atoms with Crippen LogP contribution < -0.4 is 0 Å². The van der Waals surface area contributed by atoms with E-state index in [1.54, 1.807) is 6.20 Å². The predicted octanol–water partition coefficient (Wildman–Crippen LogP) is 2.52. The fourth-order valence-corrected chi connectivity index (χ4v) is 3.01. The number of likely N-dealkylation sites (tertiary alicyclic amines) is 1. The van der Waals surface area contributed by atoms with Crippen molar-refractivity contribution in [2.75, 3.05) is 13.1 Å². The zero-order valence-electron chi connectivity index (χ0n) is 14.2. The maximum Gasteiger partial charge on any atom is 0.222 e. The van der Waals surface area contributed by atoms with Gasteiger partial charge in [-0.3, -0.25) is 4.79 Å². The highest BCUT2D eigenvalue weighted by molar-refractivity contribution is 5.76. The molecule has 5 heteroatoms. The number of carbonyl (C=O) groups is 1. The van der Waals surface area contributed by atoms with Gasteiger partial charge in [0.15, 0.2) is 0 Å². The van der Waals surface area contributed by atoms with E-state index in [-0.39, 0.29) is 17.2 Å². The van der Waals surface area contributed by atoms with Crippen LogP contribution in [0.15, 0.2) is 12.4 Å². The number of aromatic nitrogens is 2. The molecule has 2 rings (SSSR count). The summed E-state index contributed by atoms with van der Waals surface area (Å²) in [6.07, 6.45) is 6.33. The Labute approximate surface area is 133 Å². The molecule has 1 fully saturated rings. The van der Waals surface area contributed by atoms with Gasteiger partial charge in [0.1, 0.15) is 11.9 Å². The highest BCUT2D eigenvalue weighted by Crippen LogP contribution is 2.29. The molecule has 0 aromatic carbocycles. The van der Waals surface area contributed by atoms with E-state index >= 15 is 0 Å². The molecule has 0 spiro atoms. The molecule has 5 nitrogen and oxygen atoms in total. The van der Waals surface area contributed by atoms with E-state index < -0.39 is 6.10 Å². The first-order chi connectivity index (χ1) is 10.3. The van der Waals surface area contributed by atoms with E-state index in [2.05, 4.69) is 25.8 Å². The molecule has 2 unspecified atom stereocenters. The Kier molecular flexibility index (Phi) is 5.27. The Hall–Kier alpha value is -1.36. The Morgan fingerprint density at radius 2 is 2.23 bits per heavy atom. The van der Waals surface area contributed by atoms with Crippen LogP contribution in [0, 0.1) is 11.3 Å². The number of carbonyl (C=O) groups excluding carboxylic acids is 1. The van der Waals surface area contributed by atoms with Gasteiger partial charge in [0.2, 0.25) is 5.91 Å². The molecular weight excluding hydrogens is 278 g/mol. The zero-order chi connectivity index (χ0) is 16.3. The van der Waals surface area contributed by atoms with Crippen LogP contribution in [0.3, 0.4) is 0 Å². The van der Waals surface area contributed by atoms with Gasteiger partial charge in [0, 0.05) is 44.9 Å². The maximum absolute atomic E-state index is 12.4. The maximum atomic E-state index is 12.4. The van der Waals surface area contributed by atoms with E-state index in [0.717, 1.165) is 25.8 Å². The molecule has 0 bridgehead atoms. The lowest BCUT2D eigenvalue weighted by Gasteiger charge is -2.35. The summed E-state index contributed by atoms with van der Waals surface area (Å²) in [5.74, 6) is 0.981. The van der Waals surface area contributed by atoms with Crippen molar-refractivity contribution < 1.29 is 9.90 Å². The smallest absolute Gasteiger partial charge is 0.222 e. The van der Waals surface area contributed by atoms with E-state index in [1.807, 2.05) is 22.7 Å². The fraction of sp³-hybridized carbons (Fsp3) is 0.765. The molecule has 22 heavy (non-hydrogen) atoms. The van der Waals surface area contributed by atoms with Crippen molar-refractivity contribution in [2.24, 2.45) is 18.4 Å².